The van der Waals surface area contributed by atoms with Crippen molar-refractivity contribution in [3.05, 3.63) is 12.2 Å². The molecule has 0 aliphatic rings. The first-order chi connectivity index (χ1) is 24.0. The molecule has 3 heteroatoms. The molecule has 0 fully saturated rings. The van der Waals surface area contributed by atoms with Gasteiger partial charge in [-0.1, -0.05) is 258 Å². The van der Waals surface area contributed by atoms with E-state index < -0.39 is 8.32 Å². The van der Waals surface area contributed by atoms with Gasteiger partial charge in [0, 0.05) is 5.57 Å². The van der Waals surface area contributed by atoms with Crippen LogP contribution in [0.1, 0.15) is 259 Å². The molecule has 0 spiro atoms. The Morgan fingerprint density at radius 3 is 0.735 bits per heavy atom. The Balaban J connectivity index is 4.62. The molecule has 0 saturated carbocycles. The van der Waals surface area contributed by atoms with Crippen LogP contribution in [0.5, 0.6) is 0 Å². The standard InChI is InChI=1S/C46H92O2Si/c1-6-9-12-15-18-21-24-25-26-27-28-29-32-35-38-41-44-49(48-46(47)45(4)5,42-39-36-33-30-22-19-16-13-10-7-2)43-40-37-34-31-23-20-17-14-11-8-3/h4,6-44H2,1-3,5H3. The van der Waals surface area contributed by atoms with E-state index in [0.717, 1.165) is 0 Å². The molecule has 49 heavy (non-hydrogen) atoms. The fourth-order valence-corrected chi connectivity index (χ4v) is 12.0. The Morgan fingerprint density at radius 1 is 0.367 bits per heavy atom. The average molecular weight is 705 g/mol. The van der Waals surface area contributed by atoms with E-state index in [0.29, 0.717) is 5.57 Å². The summed E-state index contributed by atoms with van der Waals surface area (Å²) in [7, 11) is -2.12. The molecule has 0 aromatic heterocycles. The zero-order chi connectivity index (χ0) is 35.9. The van der Waals surface area contributed by atoms with Crippen LogP contribution >= 0.6 is 0 Å². The summed E-state index contributed by atoms with van der Waals surface area (Å²) in [6, 6.07) is 3.54. The van der Waals surface area contributed by atoms with Gasteiger partial charge in [-0.05, 0) is 25.1 Å². The maximum atomic E-state index is 13.0. The van der Waals surface area contributed by atoms with Crippen molar-refractivity contribution in [2.45, 2.75) is 277 Å². The van der Waals surface area contributed by atoms with E-state index in [1.165, 1.54) is 249 Å². The average Bonchev–Trinajstić information content (AvgIpc) is 3.09. The highest BCUT2D eigenvalue weighted by Crippen LogP contribution is 2.32. The van der Waals surface area contributed by atoms with E-state index in [-0.39, 0.29) is 5.97 Å². The fraction of sp³-hybridized carbons (Fsp3) is 0.935. The van der Waals surface area contributed by atoms with Crippen molar-refractivity contribution in [2.24, 2.45) is 0 Å². The summed E-state index contributed by atoms with van der Waals surface area (Å²) in [5.41, 5.74) is 0.593. The minimum absolute atomic E-state index is 0.0951. The lowest BCUT2D eigenvalue weighted by Gasteiger charge is -2.32. The molecule has 292 valence electrons. The first kappa shape index (κ1) is 48.4. The SMILES string of the molecule is C=C(C)C(=O)O[Si](CCCCCCCCCCCC)(CCCCCCCCCCCC)CCCCCCCCCCCCCCCCCC. The topological polar surface area (TPSA) is 26.3 Å². The normalized spacial score (nSPS) is 11.8. The number of unbranched alkanes of at least 4 members (excludes halogenated alkanes) is 33. The second-order valence-electron chi connectivity index (χ2n) is 16.3. The highest BCUT2D eigenvalue weighted by atomic mass is 28.4. The van der Waals surface area contributed by atoms with Crippen molar-refractivity contribution in [2.75, 3.05) is 0 Å². The monoisotopic (exact) mass is 705 g/mol. The van der Waals surface area contributed by atoms with Gasteiger partial charge in [-0.2, -0.15) is 0 Å². The van der Waals surface area contributed by atoms with Gasteiger partial charge in [0.15, 0.2) is 0 Å². The highest BCUT2D eigenvalue weighted by Gasteiger charge is 2.37. The molecule has 0 saturated heterocycles. The predicted molar refractivity (Wildman–Crippen MR) is 224 cm³/mol. The van der Waals surface area contributed by atoms with E-state index in [1.54, 1.807) is 0 Å². The molecule has 0 radical (unpaired) electrons. The van der Waals surface area contributed by atoms with Gasteiger partial charge in [0.2, 0.25) is 0 Å². The Hall–Kier alpha value is -0.573. The van der Waals surface area contributed by atoms with E-state index in [4.69, 9.17) is 4.43 Å². The van der Waals surface area contributed by atoms with Gasteiger partial charge >= 0.3 is 5.97 Å². The van der Waals surface area contributed by atoms with Gasteiger partial charge in [-0.15, -0.1) is 0 Å². The van der Waals surface area contributed by atoms with Gasteiger partial charge < -0.3 is 4.43 Å². The van der Waals surface area contributed by atoms with Crippen molar-refractivity contribution in [1.82, 2.24) is 0 Å². The molecule has 0 heterocycles. The molecule has 0 unspecified atom stereocenters. The van der Waals surface area contributed by atoms with Crippen LogP contribution in [0.3, 0.4) is 0 Å². The van der Waals surface area contributed by atoms with Crippen LogP contribution in [-0.2, 0) is 9.22 Å². The summed E-state index contributed by atoms with van der Waals surface area (Å²) in [6.07, 6.45) is 49.8. The third kappa shape index (κ3) is 34.3. The second kappa shape index (κ2) is 38.7. The van der Waals surface area contributed by atoms with Crippen LogP contribution in [0, 0.1) is 0 Å². The Labute approximate surface area is 311 Å². The fourth-order valence-electron chi connectivity index (χ4n) is 7.68. The molecule has 0 aromatic rings. The summed E-state index contributed by atoms with van der Waals surface area (Å²) >= 11 is 0. The van der Waals surface area contributed by atoms with Gasteiger partial charge in [0.05, 0.1) is 0 Å². The lowest BCUT2D eigenvalue weighted by molar-refractivity contribution is -0.131. The van der Waals surface area contributed by atoms with Crippen LogP contribution < -0.4 is 0 Å². The quantitative estimate of drug-likeness (QED) is 0.0360. The Bertz CT molecular complexity index is 665. The van der Waals surface area contributed by atoms with Crippen LogP contribution in [0.25, 0.3) is 0 Å². The summed E-state index contributed by atoms with van der Waals surface area (Å²) < 4.78 is 6.59. The van der Waals surface area contributed by atoms with Crippen molar-refractivity contribution < 1.29 is 9.22 Å². The molecule has 0 aliphatic carbocycles. The van der Waals surface area contributed by atoms with Gasteiger partial charge in [-0.3, -0.25) is 0 Å². The molecule has 0 atom stereocenters. The van der Waals surface area contributed by atoms with Crippen molar-refractivity contribution in [3.8, 4) is 0 Å². The van der Waals surface area contributed by atoms with Gasteiger partial charge in [0.1, 0.15) is 0 Å². The highest BCUT2D eigenvalue weighted by molar-refractivity contribution is 6.75. The number of carbonyl (C=O) groups is 1. The Kier molecular flexibility index (Phi) is 38.2. The molecule has 0 bridgehead atoms. The summed E-state index contributed by atoms with van der Waals surface area (Å²) in [4.78, 5) is 13.0. The minimum Gasteiger partial charge on any atom is -0.516 e. The van der Waals surface area contributed by atoms with Crippen molar-refractivity contribution in [1.29, 1.82) is 0 Å². The van der Waals surface area contributed by atoms with Crippen LogP contribution in [-0.4, -0.2) is 14.3 Å². The van der Waals surface area contributed by atoms with E-state index in [2.05, 4.69) is 27.4 Å². The van der Waals surface area contributed by atoms with Crippen LogP contribution in [0.15, 0.2) is 12.2 Å². The number of rotatable bonds is 41. The molecule has 0 rings (SSSR count). The summed E-state index contributed by atoms with van der Waals surface area (Å²) in [5.74, 6) is -0.0951. The first-order valence-electron chi connectivity index (χ1n) is 22.9. The smallest absolute Gasteiger partial charge is 0.319 e. The number of hydrogen-bond acceptors (Lipinski definition) is 2. The lowest BCUT2D eigenvalue weighted by atomic mass is 10.0. The maximum Gasteiger partial charge on any atom is 0.319 e. The third-order valence-corrected chi connectivity index (χ3v) is 15.5. The van der Waals surface area contributed by atoms with Crippen LogP contribution in [0.2, 0.25) is 18.1 Å². The molecule has 0 aromatic carbocycles. The van der Waals surface area contributed by atoms with Crippen molar-refractivity contribution >= 4 is 14.3 Å². The minimum atomic E-state index is -2.12. The van der Waals surface area contributed by atoms with E-state index in [1.807, 2.05) is 6.92 Å². The molecular formula is C46H92O2Si. The van der Waals surface area contributed by atoms with Crippen molar-refractivity contribution in [3.63, 3.8) is 0 Å². The van der Waals surface area contributed by atoms with Crippen LogP contribution in [0.4, 0.5) is 0 Å². The lowest BCUT2D eigenvalue weighted by Crippen LogP contribution is -2.40. The molecule has 0 N–H and O–H groups in total. The number of hydrogen-bond donors (Lipinski definition) is 0. The second-order valence-corrected chi connectivity index (χ2v) is 20.3. The molecule has 2 nitrogen and oxygen atoms in total. The first-order valence-corrected chi connectivity index (χ1v) is 25.4. The van der Waals surface area contributed by atoms with Gasteiger partial charge in [-0.25, -0.2) is 4.79 Å². The third-order valence-electron chi connectivity index (χ3n) is 11.1. The zero-order valence-corrected chi connectivity index (χ0v) is 35.6. The molecular weight excluding hydrogens is 613 g/mol. The zero-order valence-electron chi connectivity index (χ0n) is 34.6. The largest absolute Gasteiger partial charge is 0.516 e. The molecule has 0 amide bonds. The Morgan fingerprint density at radius 2 is 0.551 bits per heavy atom. The predicted octanol–water partition coefficient (Wildman–Crippen LogP) is 17.2. The summed E-state index contributed by atoms with van der Waals surface area (Å²) in [6.45, 7) is 12.7. The summed E-state index contributed by atoms with van der Waals surface area (Å²) in [5, 5.41) is 0. The molecule has 0 aliphatic heterocycles. The number of carbonyl (C=O) groups excluding carboxylic acids is 1. The maximum absolute atomic E-state index is 13.0. The van der Waals surface area contributed by atoms with E-state index >= 15 is 0 Å². The van der Waals surface area contributed by atoms with E-state index in [9.17, 15) is 4.79 Å². The van der Waals surface area contributed by atoms with Gasteiger partial charge in [0.25, 0.3) is 8.32 Å².